The van der Waals surface area contributed by atoms with Crippen LogP contribution in [0.5, 0.6) is 5.75 Å². The molecule has 0 saturated heterocycles. The van der Waals surface area contributed by atoms with E-state index in [9.17, 15) is 9.59 Å². The van der Waals surface area contributed by atoms with Crippen molar-refractivity contribution >= 4 is 22.7 Å². The molecule has 5 heteroatoms. The monoisotopic (exact) mass is 322 g/mol. The summed E-state index contributed by atoms with van der Waals surface area (Å²) in [7, 11) is 0. The van der Waals surface area contributed by atoms with Gasteiger partial charge in [0, 0.05) is 18.5 Å². The van der Waals surface area contributed by atoms with Gasteiger partial charge in [0.25, 0.3) is 0 Å². The van der Waals surface area contributed by atoms with Crippen molar-refractivity contribution in [2.24, 2.45) is 0 Å². The van der Waals surface area contributed by atoms with Crippen molar-refractivity contribution in [2.45, 2.75) is 27.2 Å². The minimum absolute atomic E-state index is 0.242. The number of H-pyrrole nitrogens is 1. The molecular formula is C19H18N2O3. The van der Waals surface area contributed by atoms with Crippen LogP contribution in [0.15, 0.2) is 36.5 Å². The zero-order chi connectivity index (χ0) is 17.3. The molecule has 3 rings (SSSR count). The molecule has 0 radical (unpaired) electrons. The minimum Gasteiger partial charge on any atom is -0.424 e. The second kappa shape index (κ2) is 6.28. The van der Waals surface area contributed by atoms with Crippen molar-refractivity contribution in [3.63, 3.8) is 0 Å². The van der Waals surface area contributed by atoms with Crippen LogP contribution in [-0.2, 0) is 11.2 Å². The number of carbonyl (C=O) groups excluding carboxylic acids is 2. The number of benzene rings is 1. The molecule has 0 spiro atoms. The summed E-state index contributed by atoms with van der Waals surface area (Å²) in [6.45, 7) is 5.27. The first-order chi connectivity index (χ1) is 11.5. The first-order valence-corrected chi connectivity index (χ1v) is 7.80. The molecule has 0 unspecified atom stereocenters. The molecule has 3 aromatic rings. The third kappa shape index (κ3) is 2.93. The minimum atomic E-state index is -0.471. The number of aromatic nitrogens is 2. The highest BCUT2D eigenvalue weighted by atomic mass is 16.5. The summed E-state index contributed by atoms with van der Waals surface area (Å²) in [5.74, 6) is -0.514. The lowest BCUT2D eigenvalue weighted by Crippen LogP contribution is -2.09. The summed E-state index contributed by atoms with van der Waals surface area (Å²) >= 11 is 0. The average molecular weight is 322 g/mol. The van der Waals surface area contributed by atoms with Gasteiger partial charge in [-0.3, -0.25) is 14.6 Å². The predicted octanol–water partition coefficient (Wildman–Crippen LogP) is 3.59. The maximum Gasteiger partial charge on any atom is 0.308 e. The van der Waals surface area contributed by atoms with Crippen LogP contribution in [0.1, 0.15) is 41.2 Å². The van der Waals surface area contributed by atoms with Gasteiger partial charge in [-0.05, 0) is 48.7 Å². The Balaban J connectivity index is 2.18. The number of hydrogen-bond donors (Lipinski definition) is 1. The zero-order valence-corrected chi connectivity index (χ0v) is 13.8. The molecule has 5 nitrogen and oxygen atoms in total. The maximum absolute atomic E-state index is 12.8. The highest BCUT2D eigenvalue weighted by Crippen LogP contribution is 2.32. The van der Waals surface area contributed by atoms with Crippen LogP contribution in [0, 0.1) is 6.92 Å². The molecule has 0 amide bonds. The topological polar surface area (TPSA) is 72.1 Å². The van der Waals surface area contributed by atoms with Gasteiger partial charge in [0.1, 0.15) is 11.4 Å². The van der Waals surface area contributed by atoms with Crippen LogP contribution in [0.2, 0.25) is 0 Å². The number of aromatic amines is 1. The Hall–Kier alpha value is -2.95. The Morgan fingerprint density at radius 2 is 2.00 bits per heavy atom. The lowest BCUT2D eigenvalue weighted by atomic mass is 10.1. The van der Waals surface area contributed by atoms with Crippen molar-refractivity contribution < 1.29 is 14.3 Å². The number of rotatable bonds is 4. The van der Waals surface area contributed by atoms with Gasteiger partial charge in [0.2, 0.25) is 5.78 Å². The van der Waals surface area contributed by atoms with Crippen molar-refractivity contribution in [1.82, 2.24) is 9.97 Å². The van der Waals surface area contributed by atoms with Gasteiger partial charge in [-0.1, -0.05) is 13.0 Å². The Kier molecular flexibility index (Phi) is 4.16. The Morgan fingerprint density at radius 1 is 1.21 bits per heavy atom. The molecule has 0 atom stereocenters. The average Bonchev–Trinajstić information content (AvgIpc) is 2.91. The van der Waals surface area contributed by atoms with E-state index in [1.807, 2.05) is 31.2 Å². The third-order valence-corrected chi connectivity index (χ3v) is 3.84. The molecule has 1 aromatic carbocycles. The molecule has 2 aromatic heterocycles. The lowest BCUT2D eigenvalue weighted by molar-refractivity contribution is -0.131. The quantitative estimate of drug-likeness (QED) is 0.588. The summed E-state index contributed by atoms with van der Waals surface area (Å²) in [5.41, 5.74) is 3.39. The van der Waals surface area contributed by atoms with E-state index >= 15 is 0 Å². The summed E-state index contributed by atoms with van der Waals surface area (Å²) in [4.78, 5) is 31.5. The number of aryl methyl sites for hydroxylation is 2. The Morgan fingerprint density at radius 3 is 2.67 bits per heavy atom. The standard InChI is InChI=1S/C19H18N2O3/c1-4-13-5-6-14-15(10-13)21-17(19(14)24-12(3)22)18(23)16-9-11(2)7-8-20-16/h5-10,21H,4H2,1-3H3. The molecule has 24 heavy (non-hydrogen) atoms. The van der Waals surface area contributed by atoms with Crippen LogP contribution in [0.3, 0.4) is 0 Å². The maximum atomic E-state index is 12.8. The molecule has 0 aliphatic heterocycles. The molecule has 2 heterocycles. The first kappa shape index (κ1) is 15.9. The smallest absolute Gasteiger partial charge is 0.308 e. The van der Waals surface area contributed by atoms with Crippen LogP contribution in [0.25, 0.3) is 10.9 Å². The second-order valence-electron chi connectivity index (χ2n) is 5.70. The molecular weight excluding hydrogens is 304 g/mol. The van der Waals surface area contributed by atoms with E-state index in [2.05, 4.69) is 16.9 Å². The number of ketones is 1. The highest BCUT2D eigenvalue weighted by Gasteiger charge is 2.23. The van der Waals surface area contributed by atoms with Crippen molar-refractivity contribution in [3.05, 3.63) is 59.0 Å². The van der Waals surface area contributed by atoms with Gasteiger partial charge in [-0.25, -0.2) is 0 Å². The largest absolute Gasteiger partial charge is 0.424 e. The molecule has 0 fully saturated rings. The van der Waals surface area contributed by atoms with Crippen molar-refractivity contribution in [3.8, 4) is 5.75 Å². The molecule has 0 aliphatic rings. The molecule has 0 bridgehead atoms. The Bertz CT molecular complexity index is 941. The van der Waals surface area contributed by atoms with Gasteiger partial charge in [0.15, 0.2) is 5.75 Å². The van der Waals surface area contributed by atoms with Crippen LogP contribution in [0.4, 0.5) is 0 Å². The van der Waals surface area contributed by atoms with Gasteiger partial charge in [-0.2, -0.15) is 0 Å². The van der Waals surface area contributed by atoms with Crippen molar-refractivity contribution in [1.29, 1.82) is 0 Å². The molecule has 1 N–H and O–H groups in total. The van der Waals surface area contributed by atoms with Gasteiger partial charge >= 0.3 is 5.97 Å². The van der Waals surface area contributed by atoms with E-state index in [1.54, 1.807) is 12.3 Å². The molecule has 0 saturated carbocycles. The van der Waals surface area contributed by atoms with E-state index in [1.165, 1.54) is 6.92 Å². The van der Waals surface area contributed by atoms with E-state index in [0.29, 0.717) is 11.1 Å². The number of carbonyl (C=O) groups is 2. The number of hydrogen-bond acceptors (Lipinski definition) is 4. The molecule has 122 valence electrons. The third-order valence-electron chi connectivity index (χ3n) is 3.84. The second-order valence-corrected chi connectivity index (χ2v) is 5.70. The summed E-state index contributed by atoms with van der Waals surface area (Å²) in [5, 5.41) is 0.707. The number of fused-ring (bicyclic) bond motifs is 1. The zero-order valence-electron chi connectivity index (χ0n) is 13.8. The van der Waals surface area contributed by atoms with Crippen LogP contribution in [-0.4, -0.2) is 21.7 Å². The number of nitrogens with one attached hydrogen (secondary N) is 1. The van der Waals surface area contributed by atoms with Gasteiger partial charge in [-0.15, -0.1) is 0 Å². The molecule has 0 aliphatic carbocycles. The van der Waals surface area contributed by atoms with Crippen LogP contribution >= 0.6 is 0 Å². The highest BCUT2D eigenvalue weighted by molar-refractivity contribution is 6.12. The number of pyridine rings is 1. The van der Waals surface area contributed by atoms with E-state index in [4.69, 9.17) is 4.74 Å². The fourth-order valence-corrected chi connectivity index (χ4v) is 2.64. The van der Waals surface area contributed by atoms with E-state index < -0.39 is 5.97 Å². The van der Waals surface area contributed by atoms with E-state index in [-0.39, 0.29) is 17.2 Å². The van der Waals surface area contributed by atoms with E-state index in [0.717, 1.165) is 23.1 Å². The van der Waals surface area contributed by atoms with Gasteiger partial charge in [0.05, 0.1) is 5.52 Å². The normalized spacial score (nSPS) is 10.8. The predicted molar refractivity (Wildman–Crippen MR) is 91.4 cm³/mol. The number of ether oxygens (including phenoxy) is 1. The lowest BCUT2D eigenvalue weighted by Gasteiger charge is -2.04. The fraction of sp³-hybridized carbons (Fsp3) is 0.211. The van der Waals surface area contributed by atoms with Crippen molar-refractivity contribution in [2.75, 3.05) is 0 Å². The number of nitrogens with zero attached hydrogens (tertiary/aromatic N) is 1. The number of esters is 1. The Labute approximate surface area is 139 Å². The summed E-state index contributed by atoms with van der Waals surface area (Å²) in [6.07, 6.45) is 2.46. The van der Waals surface area contributed by atoms with Crippen LogP contribution < -0.4 is 4.74 Å². The summed E-state index contributed by atoms with van der Waals surface area (Å²) < 4.78 is 5.33. The summed E-state index contributed by atoms with van der Waals surface area (Å²) in [6, 6.07) is 9.32. The first-order valence-electron chi connectivity index (χ1n) is 7.80. The fourth-order valence-electron chi connectivity index (χ4n) is 2.64. The van der Waals surface area contributed by atoms with Gasteiger partial charge < -0.3 is 9.72 Å². The SMILES string of the molecule is CCc1ccc2c(OC(C)=O)c(C(=O)c3cc(C)ccn3)[nH]c2c1.